The van der Waals surface area contributed by atoms with Gasteiger partial charge in [0.15, 0.2) is 34.3 Å². The smallest absolute Gasteiger partial charge is 0.481 e. The van der Waals surface area contributed by atoms with Gasteiger partial charge in [-0.05, 0) is 24.1 Å². The van der Waals surface area contributed by atoms with Gasteiger partial charge in [0, 0.05) is 37.1 Å². The number of amides is 2. The first-order valence-electron chi connectivity index (χ1n) is 18.2. The largest absolute Gasteiger partial charge is 0.493 e. The molecule has 2 amide bonds. The molecule has 0 spiro atoms. The Morgan fingerprint density at radius 2 is 1.68 bits per heavy atom. The summed E-state index contributed by atoms with van der Waals surface area (Å²) in [6.07, 6.45) is -6.25. The fourth-order valence-corrected chi connectivity index (χ4v) is 9.16. The van der Waals surface area contributed by atoms with Crippen LogP contribution in [0.4, 0.5) is 5.82 Å². The summed E-state index contributed by atoms with van der Waals surface area (Å²) in [5, 5.41) is 26.4. The van der Waals surface area contributed by atoms with E-state index in [-0.39, 0.29) is 48.0 Å². The number of thioether (sulfide) groups is 1. The Kier molecular flexibility index (Phi) is 18.0. The number of methoxy groups -OCH3 is 2. The highest BCUT2D eigenvalue weighted by Gasteiger charge is 2.50. The van der Waals surface area contributed by atoms with Crippen LogP contribution in [0.1, 0.15) is 38.5 Å². The highest BCUT2D eigenvalue weighted by atomic mass is 32.2. The Labute approximate surface area is 357 Å². The van der Waals surface area contributed by atoms with E-state index in [2.05, 4.69) is 34.4 Å². The first kappa shape index (κ1) is 51.0. The van der Waals surface area contributed by atoms with Crippen molar-refractivity contribution in [2.45, 2.75) is 63.8 Å². The number of nitrogens with one attached hydrogen (secondary N) is 2. The Morgan fingerprint density at radius 1 is 0.984 bits per heavy atom. The zero-order valence-electron chi connectivity index (χ0n) is 33.5. The number of benzene rings is 1. The molecule has 3 aromatic rings. The van der Waals surface area contributed by atoms with Crippen LogP contribution in [-0.4, -0.2) is 137 Å². The standard InChI is InChI=1S/C32H48N7O19P3S/c1-32(2,27(43)30(44)35-10-9-22(40)34-11-12-62-23(41)8-6-18-5-7-19(52-3)20(13-18)53-4)15-55-61(50,51)58-60(48,49)54-14-21-26(57-59(45,46)47)25(42)31(56-21)39-17-38-24-28(33)36-16-37-29(24)39/h5,7,13,16-17,21,25-27,31,42-43H,6,8-12,14-15H2,1-4H3,(H,34,40)(H,35,44)(H,48,49)(H,50,51)(H2,33,36,37)(H2,45,46,47). The molecule has 10 N–H and O–H groups in total. The summed E-state index contributed by atoms with van der Waals surface area (Å²) < 4.78 is 72.7. The maximum atomic E-state index is 12.7. The number of ether oxygens (including phenoxy) is 3. The number of phosphoric ester groups is 3. The van der Waals surface area contributed by atoms with Crippen LogP contribution in [0.2, 0.25) is 0 Å². The maximum absolute atomic E-state index is 12.7. The number of anilines is 1. The van der Waals surface area contributed by atoms with E-state index in [1.807, 2.05) is 6.07 Å². The molecule has 1 saturated heterocycles. The molecule has 1 aliphatic heterocycles. The van der Waals surface area contributed by atoms with Crippen molar-refractivity contribution in [2.24, 2.45) is 5.41 Å². The van der Waals surface area contributed by atoms with Gasteiger partial charge in [0.1, 0.15) is 36.3 Å². The number of imidazole rings is 1. The lowest BCUT2D eigenvalue weighted by Crippen LogP contribution is -2.46. The molecule has 7 unspecified atom stereocenters. The first-order chi connectivity index (χ1) is 29.0. The van der Waals surface area contributed by atoms with Crippen LogP contribution in [0.3, 0.4) is 0 Å². The number of carbonyl (C=O) groups is 3. The topological polar surface area (TPSA) is 382 Å². The number of rotatable bonds is 24. The van der Waals surface area contributed by atoms with Crippen LogP contribution in [-0.2, 0) is 57.1 Å². The number of fused-ring (bicyclic) bond motifs is 1. The number of aryl methyl sites for hydroxylation is 1. The predicted molar refractivity (Wildman–Crippen MR) is 215 cm³/mol. The second kappa shape index (κ2) is 21.8. The molecule has 0 bridgehead atoms. The Hall–Kier alpha value is -3.62. The highest BCUT2D eigenvalue weighted by Crippen LogP contribution is 2.61. The minimum absolute atomic E-state index is 0.0262. The van der Waals surface area contributed by atoms with Crippen molar-refractivity contribution < 1.29 is 90.0 Å². The summed E-state index contributed by atoms with van der Waals surface area (Å²) in [5.41, 5.74) is 5.13. The molecule has 1 aromatic carbocycles. The third-order valence-corrected chi connectivity index (χ3v) is 12.9. The molecule has 346 valence electrons. The summed E-state index contributed by atoms with van der Waals surface area (Å²) in [7, 11) is -13.4. The van der Waals surface area contributed by atoms with Crippen LogP contribution < -0.4 is 25.8 Å². The van der Waals surface area contributed by atoms with Crippen molar-refractivity contribution in [2.75, 3.05) is 52.0 Å². The van der Waals surface area contributed by atoms with Crippen molar-refractivity contribution in [3.8, 4) is 11.5 Å². The molecule has 0 radical (unpaired) electrons. The molecular formula is C32H48N7O19P3S. The predicted octanol–water partition coefficient (Wildman–Crippen LogP) is 0.315. The van der Waals surface area contributed by atoms with Crippen LogP contribution in [0.15, 0.2) is 30.9 Å². The molecule has 4 rings (SSSR count). The van der Waals surface area contributed by atoms with E-state index in [1.165, 1.54) is 28.1 Å². The molecule has 26 nitrogen and oxygen atoms in total. The Balaban J connectivity index is 1.18. The van der Waals surface area contributed by atoms with Crippen molar-refractivity contribution in [3.63, 3.8) is 0 Å². The summed E-state index contributed by atoms with van der Waals surface area (Å²) >= 11 is 1.05. The molecule has 30 heteroatoms. The number of carbonyl (C=O) groups excluding carboxylic acids is 3. The summed E-state index contributed by atoms with van der Waals surface area (Å²) in [4.78, 5) is 88.3. The molecule has 7 atom stereocenters. The van der Waals surface area contributed by atoms with Gasteiger partial charge in [-0.1, -0.05) is 31.7 Å². The van der Waals surface area contributed by atoms with Gasteiger partial charge in [0.05, 0.1) is 33.8 Å². The molecule has 3 heterocycles. The average molecular weight is 960 g/mol. The number of aromatic nitrogens is 4. The van der Waals surface area contributed by atoms with E-state index in [0.717, 1.165) is 34.5 Å². The SMILES string of the molecule is COc1ccc(CCC(=O)SCCNC(=O)CCNC(=O)C(O)C(C)(C)COP(=O)(O)OP(=O)(O)OCC2OC(n3cnc4c(N)ncnc43)C(O)C2OP(=O)(O)O)cc1OC. The Morgan fingerprint density at radius 3 is 2.35 bits per heavy atom. The van der Waals surface area contributed by atoms with Crippen LogP contribution in [0, 0.1) is 5.41 Å². The van der Waals surface area contributed by atoms with Crippen LogP contribution in [0.25, 0.3) is 11.2 Å². The quantitative estimate of drug-likeness (QED) is 0.0431. The lowest BCUT2D eigenvalue weighted by atomic mass is 9.87. The molecule has 62 heavy (non-hydrogen) atoms. The van der Waals surface area contributed by atoms with Gasteiger partial charge < -0.3 is 60.4 Å². The highest BCUT2D eigenvalue weighted by molar-refractivity contribution is 8.13. The number of nitrogen functional groups attached to an aromatic ring is 1. The van der Waals surface area contributed by atoms with Gasteiger partial charge in [-0.25, -0.2) is 28.6 Å². The second-order valence-corrected chi connectivity index (χ2v) is 19.4. The minimum atomic E-state index is -5.58. The lowest BCUT2D eigenvalue weighted by molar-refractivity contribution is -0.137. The minimum Gasteiger partial charge on any atom is -0.493 e. The van der Waals surface area contributed by atoms with Crippen molar-refractivity contribution >= 4 is 69.1 Å². The molecule has 0 aliphatic carbocycles. The van der Waals surface area contributed by atoms with Gasteiger partial charge in [-0.3, -0.25) is 32.5 Å². The fourth-order valence-electron chi connectivity index (χ4n) is 5.65. The molecule has 1 aliphatic rings. The number of aliphatic hydroxyl groups excluding tert-OH is 2. The van der Waals surface area contributed by atoms with E-state index in [4.69, 9.17) is 29.0 Å². The number of nitrogens with two attached hydrogens (primary N) is 1. The van der Waals surface area contributed by atoms with Gasteiger partial charge in [-0.15, -0.1) is 0 Å². The van der Waals surface area contributed by atoms with E-state index in [1.54, 1.807) is 12.1 Å². The number of hydrogen-bond donors (Lipinski definition) is 9. The first-order valence-corrected chi connectivity index (χ1v) is 23.7. The van der Waals surface area contributed by atoms with Gasteiger partial charge >= 0.3 is 23.5 Å². The number of hydrogen-bond acceptors (Lipinski definition) is 20. The summed E-state index contributed by atoms with van der Waals surface area (Å²) in [5.74, 6) is -0.0633. The van der Waals surface area contributed by atoms with Crippen LogP contribution in [0.5, 0.6) is 11.5 Å². The zero-order chi connectivity index (χ0) is 46.0. The van der Waals surface area contributed by atoms with Crippen LogP contribution >= 0.6 is 35.2 Å². The molecule has 2 aromatic heterocycles. The fraction of sp³-hybridized carbons (Fsp3) is 0.562. The van der Waals surface area contributed by atoms with Crippen molar-refractivity contribution in [1.82, 2.24) is 30.2 Å². The van der Waals surface area contributed by atoms with Gasteiger partial charge in [-0.2, -0.15) is 4.31 Å². The normalized spacial score (nSPS) is 20.5. The van der Waals surface area contributed by atoms with Gasteiger partial charge in [0.25, 0.3) is 0 Å². The molecule has 1 fully saturated rings. The van der Waals surface area contributed by atoms with Crippen molar-refractivity contribution in [3.05, 3.63) is 36.4 Å². The number of nitrogens with zero attached hydrogens (tertiary/aromatic N) is 4. The molecule has 0 saturated carbocycles. The third kappa shape index (κ3) is 14.7. The van der Waals surface area contributed by atoms with E-state index in [9.17, 15) is 57.9 Å². The van der Waals surface area contributed by atoms with E-state index < -0.39 is 84.6 Å². The van der Waals surface area contributed by atoms with E-state index in [0.29, 0.717) is 23.7 Å². The molecular weight excluding hydrogens is 911 g/mol. The second-order valence-electron chi connectivity index (χ2n) is 14.0. The van der Waals surface area contributed by atoms with Gasteiger partial charge in [0.2, 0.25) is 11.8 Å². The summed E-state index contributed by atoms with van der Waals surface area (Å²) in [6, 6.07) is 5.37. The average Bonchev–Trinajstić information content (AvgIpc) is 3.76. The Bertz CT molecular complexity index is 2200. The number of phosphoric acid groups is 3. The number of aliphatic hydroxyl groups is 2. The monoisotopic (exact) mass is 959 g/mol. The lowest BCUT2D eigenvalue weighted by Gasteiger charge is -2.30. The zero-order valence-corrected chi connectivity index (χ0v) is 37.0. The maximum Gasteiger partial charge on any atom is 0.481 e. The van der Waals surface area contributed by atoms with E-state index >= 15 is 0 Å². The van der Waals surface area contributed by atoms with Crippen molar-refractivity contribution in [1.29, 1.82) is 0 Å². The summed E-state index contributed by atoms with van der Waals surface area (Å²) in [6.45, 7) is 0.408. The third-order valence-electron chi connectivity index (χ3n) is 8.83.